The van der Waals surface area contributed by atoms with Gasteiger partial charge in [-0.3, -0.25) is 0 Å². The third-order valence-electron chi connectivity index (χ3n) is 2.16. The van der Waals surface area contributed by atoms with Gasteiger partial charge in [-0.05, 0) is 25.1 Å². The Kier molecular flexibility index (Phi) is 2.32. The average molecular weight is 222 g/mol. The van der Waals surface area contributed by atoms with Crippen molar-refractivity contribution in [3.05, 3.63) is 40.5 Å². The van der Waals surface area contributed by atoms with Crippen LogP contribution < -0.4 is 0 Å². The molecule has 1 aromatic heterocycles. The van der Waals surface area contributed by atoms with Crippen LogP contribution in [0.1, 0.15) is 15.9 Å². The Morgan fingerprint density at radius 1 is 1.40 bits per heavy atom. The SMILES string of the molecule is Cc1ccc2nc(Cl)cc(C(=O)O)c2c1. The maximum Gasteiger partial charge on any atom is 0.336 e. The van der Waals surface area contributed by atoms with E-state index in [1.54, 1.807) is 12.1 Å². The van der Waals surface area contributed by atoms with Gasteiger partial charge in [0.25, 0.3) is 0 Å². The Morgan fingerprint density at radius 3 is 2.80 bits per heavy atom. The van der Waals surface area contributed by atoms with Gasteiger partial charge in [0.2, 0.25) is 0 Å². The molecule has 0 radical (unpaired) electrons. The zero-order valence-corrected chi connectivity index (χ0v) is 8.75. The second-order valence-corrected chi connectivity index (χ2v) is 3.71. The quantitative estimate of drug-likeness (QED) is 0.754. The van der Waals surface area contributed by atoms with Gasteiger partial charge < -0.3 is 5.11 Å². The highest BCUT2D eigenvalue weighted by Gasteiger charge is 2.10. The van der Waals surface area contributed by atoms with Crippen molar-refractivity contribution >= 4 is 28.5 Å². The number of benzene rings is 1. The van der Waals surface area contributed by atoms with Crippen LogP contribution in [0.4, 0.5) is 0 Å². The second-order valence-electron chi connectivity index (χ2n) is 3.32. The summed E-state index contributed by atoms with van der Waals surface area (Å²) < 4.78 is 0. The van der Waals surface area contributed by atoms with Crippen molar-refractivity contribution in [3.63, 3.8) is 0 Å². The largest absolute Gasteiger partial charge is 0.478 e. The topological polar surface area (TPSA) is 50.2 Å². The smallest absolute Gasteiger partial charge is 0.336 e. The van der Waals surface area contributed by atoms with E-state index in [0.29, 0.717) is 10.9 Å². The van der Waals surface area contributed by atoms with Gasteiger partial charge >= 0.3 is 5.97 Å². The summed E-state index contributed by atoms with van der Waals surface area (Å²) in [5, 5.41) is 9.83. The highest BCUT2D eigenvalue weighted by molar-refractivity contribution is 6.30. The fourth-order valence-electron chi connectivity index (χ4n) is 1.48. The fourth-order valence-corrected chi connectivity index (χ4v) is 1.68. The Labute approximate surface area is 91.3 Å². The van der Waals surface area contributed by atoms with Crippen molar-refractivity contribution in [1.82, 2.24) is 4.98 Å². The number of nitrogens with zero attached hydrogens (tertiary/aromatic N) is 1. The maximum atomic E-state index is 11.0. The van der Waals surface area contributed by atoms with Gasteiger partial charge in [0.15, 0.2) is 0 Å². The molecule has 0 saturated heterocycles. The van der Waals surface area contributed by atoms with Crippen LogP contribution in [0.5, 0.6) is 0 Å². The number of pyridine rings is 1. The molecule has 0 fully saturated rings. The number of carboxylic acids is 1. The third-order valence-corrected chi connectivity index (χ3v) is 2.36. The minimum Gasteiger partial charge on any atom is -0.478 e. The van der Waals surface area contributed by atoms with Crippen LogP contribution in [-0.2, 0) is 0 Å². The van der Waals surface area contributed by atoms with E-state index in [1.165, 1.54) is 6.07 Å². The number of hydrogen-bond acceptors (Lipinski definition) is 2. The van der Waals surface area contributed by atoms with E-state index in [9.17, 15) is 4.79 Å². The zero-order chi connectivity index (χ0) is 11.0. The van der Waals surface area contributed by atoms with Crippen LogP contribution in [0.25, 0.3) is 10.9 Å². The van der Waals surface area contributed by atoms with E-state index in [4.69, 9.17) is 16.7 Å². The van der Waals surface area contributed by atoms with Gasteiger partial charge in [0.05, 0.1) is 11.1 Å². The van der Waals surface area contributed by atoms with Crippen LogP contribution in [0.2, 0.25) is 5.15 Å². The number of carbonyl (C=O) groups is 1. The summed E-state index contributed by atoms with van der Waals surface area (Å²) in [7, 11) is 0. The van der Waals surface area contributed by atoms with Gasteiger partial charge in [0, 0.05) is 5.39 Å². The van der Waals surface area contributed by atoms with Crippen LogP contribution in [0.3, 0.4) is 0 Å². The first-order chi connectivity index (χ1) is 7.08. The molecule has 76 valence electrons. The summed E-state index contributed by atoms with van der Waals surface area (Å²) in [6, 6.07) is 6.80. The average Bonchev–Trinajstić information content (AvgIpc) is 2.17. The normalized spacial score (nSPS) is 10.5. The molecule has 15 heavy (non-hydrogen) atoms. The number of carboxylic acid groups (broad SMARTS) is 1. The molecule has 0 unspecified atom stereocenters. The third kappa shape index (κ3) is 1.78. The lowest BCUT2D eigenvalue weighted by molar-refractivity contribution is 0.0699. The van der Waals surface area contributed by atoms with Gasteiger partial charge in [-0.1, -0.05) is 23.2 Å². The first-order valence-electron chi connectivity index (χ1n) is 4.38. The highest BCUT2D eigenvalue weighted by atomic mass is 35.5. The van der Waals surface area contributed by atoms with Crippen molar-refractivity contribution in [3.8, 4) is 0 Å². The summed E-state index contributed by atoms with van der Waals surface area (Å²) >= 11 is 5.73. The predicted octanol–water partition coefficient (Wildman–Crippen LogP) is 2.89. The molecular weight excluding hydrogens is 214 g/mol. The number of aromatic nitrogens is 1. The molecule has 2 aromatic rings. The monoisotopic (exact) mass is 221 g/mol. The Balaban J connectivity index is 2.87. The van der Waals surface area contributed by atoms with Crippen molar-refractivity contribution in [1.29, 1.82) is 0 Å². The lowest BCUT2D eigenvalue weighted by atomic mass is 10.1. The molecule has 2 rings (SSSR count). The summed E-state index contributed by atoms with van der Waals surface area (Å²) in [6.07, 6.45) is 0. The van der Waals surface area contributed by atoms with E-state index in [0.717, 1.165) is 5.56 Å². The zero-order valence-electron chi connectivity index (χ0n) is 7.99. The summed E-state index contributed by atoms with van der Waals surface area (Å²) in [6.45, 7) is 1.90. The molecule has 1 aromatic carbocycles. The molecule has 3 nitrogen and oxygen atoms in total. The Bertz CT molecular complexity index is 552. The highest BCUT2D eigenvalue weighted by Crippen LogP contribution is 2.22. The fraction of sp³-hybridized carbons (Fsp3) is 0.0909. The van der Waals surface area contributed by atoms with E-state index in [1.807, 2.05) is 13.0 Å². The van der Waals surface area contributed by atoms with Crippen LogP contribution in [-0.4, -0.2) is 16.1 Å². The van der Waals surface area contributed by atoms with Crippen LogP contribution in [0.15, 0.2) is 24.3 Å². The second kappa shape index (κ2) is 3.51. The molecule has 0 bridgehead atoms. The van der Waals surface area contributed by atoms with Gasteiger partial charge in [-0.2, -0.15) is 0 Å². The lowest BCUT2D eigenvalue weighted by Gasteiger charge is -2.03. The van der Waals surface area contributed by atoms with Gasteiger partial charge in [-0.25, -0.2) is 9.78 Å². The predicted molar refractivity (Wildman–Crippen MR) is 58.4 cm³/mol. The Hall–Kier alpha value is -1.61. The molecular formula is C11H8ClNO2. The maximum absolute atomic E-state index is 11.0. The summed E-state index contributed by atoms with van der Waals surface area (Å²) in [4.78, 5) is 15.1. The standard InChI is InChI=1S/C11H8ClNO2/c1-6-2-3-9-7(4-6)8(11(14)15)5-10(12)13-9/h2-5H,1H3,(H,14,15). The van der Waals surface area contributed by atoms with E-state index >= 15 is 0 Å². The molecule has 0 spiro atoms. The summed E-state index contributed by atoms with van der Waals surface area (Å²) in [5.74, 6) is -0.991. The number of aromatic carboxylic acids is 1. The van der Waals surface area contributed by atoms with Crippen LogP contribution in [0, 0.1) is 6.92 Å². The molecule has 4 heteroatoms. The molecule has 1 heterocycles. The number of aryl methyl sites for hydroxylation is 1. The molecule has 1 N–H and O–H groups in total. The minimum absolute atomic E-state index is 0.189. The number of hydrogen-bond donors (Lipinski definition) is 1. The number of rotatable bonds is 1. The first kappa shape index (κ1) is 9.93. The molecule has 0 aliphatic carbocycles. The molecule has 0 amide bonds. The first-order valence-corrected chi connectivity index (χ1v) is 4.76. The minimum atomic E-state index is -0.991. The van der Waals surface area contributed by atoms with Gasteiger partial charge in [-0.15, -0.1) is 0 Å². The molecule has 0 aliphatic heterocycles. The number of fused-ring (bicyclic) bond motifs is 1. The van der Waals surface area contributed by atoms with E-state index in [2.05, 4.69) is 4.98 Å². The lowest BCUT2D eigenvalue weighted by Crippen LogP contribution is -1.99. The van der Waals surface area contributed by atoms with Crippen molar-refractivity contribution < 1.29 is 9.90 Å². The van der Waals surface area contributed by atoms with Gasteiger partial charge in [0.1, 0.15) is 5.15 Å². The van der Waals surface area contributed by atoms with Crippen molar-refractivity contribution in [2.75, 3.05) is 0 Å². The van der Waals surface area contributed by atoms with Crippen molar-refractivity contribution in [2.24, 2.45) is 0 Å². The van der Waals surface area contributed by atoms with Crippen molar-refractivity contribution in [2.45, 2.75) is 6.92 Å². The van der Waals surface area contributed by atoms with E-state index < -0.39 is 5.97 Å². The molecule has 0 aliphatic rings. The van der Waals surface area contributed by atoms with Crippen LogP contribution >= 0.6 is 11.6 Å². The number of halogens is 1. The summed E-state index contributed by atoms with van der Waals surface area (Å²) in [5.41, 5.74) is 1.79. The van der Waals surface area contributed by atoms with E-state index in [-0.39, 0.29) is 10.7 Å². The molecule has 0 saturated carbocycles. The Morgan fingerprint density at radius 2 is 2.13 bits per heavy atom. The molecule has 0 atom stereocenters.